The Labute approximate surface area is 149 Å². The van der Waals surface area contributed by atoms with Gasteiger partial charge in [0.05, 0.1) is 21.3 Å². The Hall–Kier alpha value is -2.42. The van der Waals surface area contributed by atoms with Gasteiger partial charge in [0, 0.05) is 18.6 Å². The normalized spacial score (nSPS) is 9.60. The molecular formula is C16H31NO8. The Morgan fingerprint density at radius 1 is 0.880 bits per heavy atom. The predicted octanol–water partition coefficient (Wildman–Crippen LogP) is 1.29. The minimum absolute atomic E-state index is 0.113. The molecule has 0 aromatic carbocycles. The van der Waals surface area contributed by atoms with Crippen LogP contribution in [0.5, 0.6) is 0 Å². The lowest BCUT2D eigenvalue weighted by molar-refractivity contribution is -0.143. The van der Waals surface area contributed by atoms with Crippen molar-refractivity contribution in [2.24, 2.45) is 5.73 Å². The minimum atomic E-state index is -0.968. The highest BCUT2D eigenvalue weighted by atomic mass is 16.5. The first kappa shape index (κ1) is 30.5. The minimum Gasteiger partial charge on any atom is -0.481 e. The van der Waals surface area contributed by atoms with Gasteiger partial charge in [-0.05, 0) is 6.42 Å². The van der Waals surface area contributed by atoms with Gasteiger partial charge in [0.15, 0.2) is 0 Å². The molecular weight excluding hydrogens is 334 g/mol. The average Bonchev–Trinajstić information content (AvgIpc) is 2.66. The smallest absolute Gasteiger partial charge is 0.330 e. The molecule has 3 N–H and O–H groups in total. The monoisotopic (exact) mass is 365 g/mol. The summed E-state index contributed by atoms with van der Waals surface area (Å²) in [6.45, 7) is 8.00. The van der Waals surface area contributed by atoms with Gasteiger partial charge in [-0.1, -0.05) is 27.7 Å². The lowest BCUT2D eigenvalue weighted by Gasteiger charge is -2.05. The third kappa shape index (κ3) is 26.8. The Balaban J connectivity index is -0.000000147. The van der Waals surface area contributed by atoms with Crippen LogP contribution in [0.3, 0.4) is 0 Å². The van der Waals surface area contributed by atoms with Gasteiger partial charge in [-0.25, -0.2) is 9.59 Å². The van der Waals surface area contributed by atoms with Crippen LogP contribution in [-0.4, -0.2) is 56.4 Å². The van der Waals surface area contributed by atoms with Crippen molar-refractivity contribution in [3.05, 3.63) is 12.2 Å². The zero-order valence-electron chi connectivity index (χ0n) is 16.0. The quantitative estimate of drug-likeness (QED) is 0.404. The van der Waals surface area contributed by atoms with Crippen LogP contribution in [0, 0.1) is 0 Å². The molecule has 0 saturated carbocycles. The van der Waals surface area contributed by atoms with E-state index in [9.17, 15) is 19.2 Å². The topological polar surface area (TPSA) is 142 Å². The van der Waals surface area contributed by atoms with Gasteiger partial charge in [0.25, 0.3) is 0 Å². The molecule has 0 aliphatic heterocycles. The fourth-order valence-corrected chi connectivity index (χ4v) is 0.820. The first-order valence-corrected chi connectivity index (χ1v) is 7.67. The Morgan fingerprint density at radius 3 is 1.48 bits per heavy atom. The lowest BCUT2D eigenvalue weighted by Crippen LogP contribution is -2.31. The average molecular weight is 365 g/mol. The third-order valence-corrected chi connectivity index (χ3v) is 1.93. The van der Waals surface area contributed by atoms with Crippen molar-refractivity contribution in [3.63, 3.8) is 0 Å². The van der Waals surface area contributed by atoms with E-state index in [0.29, 0.717) is 0 Å². The van der Waals surface area contributed by atoms with Gasteiger partial charge in [0.2, 0.25) is 0 Å². The van der Waals surface area contributed by atoms with Crippen LogP contribution in [0.2, 0.25) is 0 Å². The van der Waals surface area contributed by atoms with Crippen LogP contribution < -0.4 is 5.73 Å². The highest BCUT2D eigenvalue weighted by molar-refractivity contribution is 5.91. The number of esters is 3. The van der Waals surface area contributed by atoms with Crippen LogP contribution >= 0.6 is 0 Å². The van der Waals surface area contributed by atoms with Gasteiger partial charge in [0.1, 0.15) is 6.04 Å². The summed E-state index contributed by atoms with van der Waals surface area (Å²) >= 11 is 0. The second-order valence-electron chi connectivity index (χ2n) is 3.44. The maximum absolute atomic E-state index is 10.6. The number of carboxylic acid groups (broad SMARTS) is 1. The lowest BCUT2D eigenvalue weighted by atomic mass is 10.2. The molecule has 1 atom stereocenters. The van der Waals surface area contributed by atoms with E-state index >= 15 is 0 Å². The summed E-state index contributed by atoms with van der Waals surface area (Å²) in [5, 5.41) is 8.21. The van der Waals surface area contributed by atoms with E-state index in [2.05, 4.69) is 14.2 Å². The second-order valence-corrected chi connectivity index (χ2v) is 3.44. The summed E-state index contributed by atoms with van der Waals surface area (Å²) in [6.07, 6.45) is 1.98. The van der Waals surface area contributed by atoms with Gasteiger partial charge >= 0.3 is 23.9 Å². The molecule has 0 aliphatic rings. The zero-order chi connectivity index (χ0) is 20.8. The van der Waals surface area contributed by atoms with Crippen LogP contribution in [0.4, 0.5) is 0 Å². The number of carbonyl (C=O) groups excluding carboxylic acids is 3. The summed E-state index contributed by atoms with van der Waals surface area (Å²) in [4.78, 5) is 41.2. The largest absolute Gasteiger partial charge is 0.481 e. The molecule has 0 radical (unpaired) electrons. The van der Waals surface area contributed by atoms with E-state index < -0.39 is 29.9 Å². The van der Waals surface area contributed by atoms with E-state index in [1.54, 1.807) is 0 Å². The first-order chi connectivity index (χ1) is 11.8. The van der Waals surface area contributed by atoms with E-state index in [4.69, 9.17) is 10.8 Å². The van der Waals surface area contributed by atoms with Gasteiger partial charge in [-0.3, -0.25) is 9.59 Å². The fourth-order valence-electron chi connectivity index (χ4n) is 0.820. The summed E-state index contributed by atoms with van der Waals surface area (Å²) in [5.41, 5.74) is 5.24. The predicted molar refractivity (Wildman–Crippen MR) is 92.7 cm³/mol. The highest BCUT2D eigenvalue weighted by Crippen LogP contribution is 1.95. The summed E-state index contributed by atoms with van der Waals surface area (Å²) in [6, 6.07) is -0.823. The summed E-state index contributed by atoms with van der Waals surface area (Å²) in [5.74, 6) is -2.70. The number of nitrogens with two attached hydrogens (primary N) is 1. The highest BCUT2D eigenvalue weighted by Gasteiger charge is 2.14. The van der Waals surface area contributed by atoms with E-state index in [0.717, 1.165) is 12.2 Å². The fraction of sp³-hybridized carbons (Fsp3) is 0.625. The Bertz CT molecular complexity index is 376. The van der Waals surface area contributed by atoms with Crippen molar-refractivity contribution in [1.29, 1.82) is 0 Å². The standard InChI is InChI=1S/C6H11NO4.C6H8O4.2C2H6/c1-11-6(10)4(7)2-3-5(8)9;1-9-5(7)3-4-6(8)10-2;2*1-2/h4H,2-3,7H2,1H3,(H,8,9);3-4H,1-2H3;2*1-2H3/b;4-3+;;. The van der Waals surface area contributed by atoms with E-state index in [1.807, 2.05) is 27.7 Å². The molecule has 9 nitrogen and oxygen atoms in total. The molecule has 0 aromatic rings. The zero-order valence-corrected chi connectivity index (χ0v) is 16.0. The summed E-state index contributed by atoms with van der Waals surface area (Å²) in [7, 11) is 3.66. The molecule has 0 fully saturated rings. The molecule has 0 saturated heterocycles. The third-order valence-electron chi connectivity index (χ3n) is 1.93. The number of aliphatic carboxylic acids is 1. The van der Waals surface area contributed by atoms with Crippen molar-refractivity contribution in [3.8, 4) is 0 Å². The summed E-state index contributed by atoms with van der Waals surface area (Å²) < 4.78 is 12.7. The number of carbonyl (C=O) groups is 4. The number of methoxy groups -OCH3 is 3. The Morgan fingerprint density at radius 2 is 1.24 bits per heavy atom. The number of ether oxygens (including phenoxy) is 3. The molecule has 0 heterocycles. The molecule has 0 bridgehead atoms. The number of rotatable bonds is 6. The van der Waals surface area contributed by atoms with Crippen LogP contribution in [0.15, 0.2) is 12.2 Å². The van der Waals surface area contributed by atoms with Crippen LogP contribution in [0.25, 0.3) is 0 Å². The van der Waals surface area contributed by atoms with Crippen molar-refractivity contribution in [1.82, 2.24) is 0 Å². The molecule has 148 valence electrons. The SMILES string of the molecule is CC.CC.COC(=O)/C=C/C(=O)OC.COC(=O)C(N)CCC(=O)O. The van der Waals surface area contributed by atoms with E-state index in [1.165, 1.54) is 21.3 Å². The van der Waals surface area contributed by atoms with Gasteiger partial charge in [-0.15, -0.1) is 0 Å². The molecule has 25 heavy (non-hydrogen) atoms. The molecule has 9 heteroatoms. The maximum atomic E-state index is 10.6. The number of hydrogen-bond acceptors (Lipinski definition) is 8. The molecule has 0 rings (SSSR count). The van der Waals surface area contributed by atoms with Crippen molar-refractivity contribution < 1.29 is 38.5 Å². The van der Waals surface area contributed by atoms with Gasteiger partial charge in [-0.2, -0.15) is 0 Å². The first-order valence-electron chi connectivity index (χ1n) is 7.67. The number of hydrogen-bond donors (Lipinski definition) is 2. The van der Waals surface area contributed by atoms with Crippen molar-refractivity contribution in [2.45, 2.75) is 46.6 Å². The Kier molecular flexibility index (Phi) is 29.0. The van der Waals surface area contributed by atoms with Crippen molar-refractivity contribution >= 4 is 23.9 Å². The second kappa shape index (κ2) is 23.8. The molecule has 0 amide bonds. The van der Waals surface area contributed by atoms with Crippen molar-refractivity contribution in [2.75, 3.05) is 21.3 Å². The molecule has 1 unspecified atom stereocenters. The van der Waals surface area contributed by atoms with E-state index in [-0.39, 0.29) is 12.8 Å². The maximum Gasteiger partial charge on any atom is 0.330 e. The van der Waals surface area contributed by atoms with Crippen LogP contribution in [-0.2, 0) is 33.4 Å². The van der Waals surface area contributed by atoms with Gasteiger partial charge < -0.3 is 25.1 Å². The molecule has 0 aliphatic carbocycles. The number of carboxylic acids is 1. The molecule has 0 aromatic heterocycles. The molecule has 0 spiro atoms. The van der Waals surface area contributed by atoms with Crippen LogP contribution in [0.1, 0.15) is 40.5 Å².